The lowest BCUT2D eigenvalue weighted by Gasteiger charge is -2.35. The van der Waals surface area contributed by atoms with E-state index in [4.69, 9.17) is 4.98 Å². The highest BCUT2D eigenvalue weighted by Gasteiger charge is 2.32. The minimum Gasteiger partial charge on any atom is -0.354 e. The van der Waals surface area contributed by atoms with Crippen molar-refractivity contribution < 1.29 is 18.0 Å². The van der Waals surface area contributed by atoms with Crippen molar-refractivity contribution in [2.24, 2.45) is 0 Å². The zero-order valence-electron chi connectivity index (χ0n) is 19.2. The number of anilines is 3. The smallest absolute Gasteiger partial charge is 0.243 e. The molecule has 1 aromatic heterocycles. The second-order valence-corrected chi connectivity index (χ2v) is 10.8. The monoisotopic (exact) mass is 484 g/mol. The number of aryl methyl sites for hydroxylation is 1. The fourth-order valence-electron chi connectivity index (χ4n) is 4.70. The van der Waals surface area contributed by atoms with Gasteiger partial charge in [-0.3, -0.25) is 14.5 Å². The Balaban J connectivity index is 1.27. The van der Waals surface area contributed by atoms with Crippen molar-refractivity contribution in [2.45, 2.75) is 37.5 Å². The third-order valence-corrected chi connectivity index (χ3v) is 8.48. The van der Waals surface area contributed by atoms with Gasteiger partial charge < -0.3 is 9.80 Å². The molecule has 3 saturated heterocycles. The van der Waals surface area contributed by atoms with Crippen LogP contribution in [0.5, 0.6) is 0 Å². The molecule has 3 fully saturated rings. The Hall–Kier alpha value is -3.05. The highest BCUT2D eigenvalue weighted by molar-refractivity contribution is 7.89. The molecule has 0 atom stereocenters. The van der Waals surface area contributed by atoms with E-state index in [0.29, 0.717) is 31.9 Å². The molecule has 2 aromatic rings. The molecule has 0 saturated carbocycles. The molecule has 4 heterocycles. The molecule has 0 unspecified atom stereocenters. The second-order valence-electron chi connectivity index (χ2n) is 8.87. The quantitative estimate of drug-likeness (QED) is 0.589. The molecule has 10 nitrogen and oxygen atoms in total. The Labute approximate surface area is 199 Å². The van der Waals surface area contributed by atoms with Gasteiger partial charge in [0.15, 0.2) is 0 Å². The molecule has 0 radical (unpaired) electrons. The lowest BCUT2D eigenvalue weighted by molar-refractivity contribution is -0.121. The number of rotatable bonds is 5. The minimum atomic E-state index is -3.69. The first-order valence-corrected chi connectivity index (χ1v) is 13.1. The summed E-state index contributed by atoms with van der Waals surface area (Å²) >= 11 is 0. The molecular weight excluding hydrogens is 456 g/mol. The Morgan fingerprint density at radius 3 is 2.03 bits per heavy atom. The number of carbonyl (C=O) groups is 2. The average Bonchev–Trinajstić information content (AvgIpc) is 3.49. The van der Waals surface area contributed by atoms with E-state index < -0.39 is 10.0 Å². The molecule has 3 aliphatic heterocycles. The van der Waals surface area contributed by atoms with Gasteiger partial charge in [-0.2, -0.15) is 9.29 Å². The Morgan fingerprint density at radius 1 is 0.794 bits per heavy atom. The first-order valence-electron chi connectivity index (χ1n) is 11.6. The molecule has 0 aliphatic carbocycles. The van der Waals surface area contributed by atoms with Gasteiger partial charge in [-0.05, 0) is 44.0 Å². The van der Waals surface area contributed by atoms with E-state index in [0.717, 1.165) is 48.3 Å². The van der Waals surface area contributed by atoms with Crippen molar-refractivity contribution >= 4 is 39.3 Å². The third kappa shape index (κ3) is 4.25. The van der Waals surface area contributed by atoms with Crippen LogP contribution in [0.25, 0.3) is 0 Å². The summed E-state index contributed by atoms with van der Waals surface area (Å²) in [6, 6.07) is 7.92. The molecule has 180 valence electrons. The molecule has 0 N–H and O–H groups in total. The van der Waals surface area contributed by atoms with Gasteiger partial charge >= 0.3 is 0 Å². The summed E-state index contributed by atoms with van der Waals surface area (Å²) < 4.78 is 27.9. The van der Waals surface area contributed by atoms with Crippen LogP contribution in [0, 0.1) is 6.92 Å². The number of aromatic nitrogens is 2. The Morgan fingerprint density at radius 2 is 1.41 bits per heavy atom. The van der Waals surface area contributed by atoms with E-state index in [-0.39, 0.29) is 29.6 Å². The van der Waals surface area contributed by atoms with Crippen LogP contribution in [0.1, 0.15) is 31.4 Å². The summed E-state index contributed by atoms with van der Waals surface area (Å²) in [5, 5.41) is 0. The van der Waals surface area contributed by atoms with Crippen LogP contribution in [0.4, 0.5) is 17.5 Å². The van der Waals surface area contributed by atoms with Gasteiger partial charge in [-0.15, -0.1) is 0 Å². The number of carbonyl (C=O) groups excluding carboxylic acids is 2. The van der Waals surface area contributed by atoms with Crippen molar-refractivity contribution in [2.75, 3.05) is 54.0 Å². The zero-order chi connectivity index (χ0) is 23.9. The summed E-state index contributed by atoms with van der Waals surface area (Å²) in [6.45, 7) is 5.64. The SMILES string of the molecule is Cc1cc(N2CCN(S(=O)(=O)c3ccc(N4C(=O)CCC4=O)cc3)CC2)nc(N2CCCC2)n1. The van der Waals surface area contributed by atoms with E-state index >= 15 is 0 Å². The number of imide groups is 1. The second kappa shape index (κ2) is 8.95. The minimum absolute atomic E-state index is 0.151. The molecule has 34 heavy (non-hydrogen) atoms. The van der Waals surface area contributed by atoms with Crippen molar-refractivity contribution in [3.05, 3.63) is 36.0 Å². The standard InChI is InChI=1S/C23H28N6O4S/c1-17-16-20(25-23(24-17)27-10-2-3-11-27)26-12-14-28(15-13-26)34(32,33)19-6-4-18(5-7-19)29-21(30)8-9-22(29)31/h4-7,16H,2-3,8-15H2,1H3. The van der Waals surface area contributed by atoms with Gasteiger partial charge in [0, 0.05) is 63.9 Å². The summed E-state index contributed by atoms with van der Waals surface area (Å²) in [6.07, 6.45) is 2.67. The normalized spacial score (nSPS) is 20.0. The molecule has 11 heteroatoms. The van der Waals surface area contributed by atoms with Crippen molar-refractivity contribution in [3.63, 3.8) is 0 Å². The highest BCUT2D eigenvalue weighted by atomic mass is 32.2. The number of benzene rings is 1. The van der Waals surface area contributed by atoms with E-state index in [2.05, 4.69) is 14.8 Å². The van der Waals surface area contributed by atoms with Crippen LogP contribution >= 0.6 is 0 Å². The summed E-state index contributed by atoms with van der Waals surface area (Å²) in [7, 11) is -3.69. The van der Waals surface area contributed by atoms with Crippen molar-refractivity contribution in [1.82, 2.24) is 14.3 Å². The highest BCUT2D eigenvalue weighted by Crippen LogP contribution is 2.27. The Kier molecular flexibility index (Phi) is 5.98. The number of hydrogen-bond acceptors (Lipinski definition) is 8. The zero-order valence-corrected chi connectivity index (χ0v) is 20.0. The molecular formula is C23H28N6O4S. The maximum absolute atomic E-state index is 13.2. The van der Waals surface area contributed by atoms with E-state index in [9.17, 15) is 18.0 Å². The van der Waals surface area contributed by atoms with Gasteiger partial charge in [-0.25, -0.2) is 13.4 Å². The maximum atomic E-state index is 13.2. The summed E-state index contributed by atoms with van der Waals surface area (Å²) in [4.78, 5) is 38.8. The predicted molar refractivity (Wildman–Crippen MR) is 127 cm³/mol. The van der Waals surface area contributed by atoms with Crippen LogP contribution in [0.2, 0.25) is 0 Å². The van der Waals surface area contributed by atoms with E-state index in [1.165, 1.54) is 28.6 Å². The first-order chi connectivity index (χ1) is 16.3. The molecule has 5 rings (SSSR count). The van der Waals surface area contributed by atoms with Gasteiger partial charge in [0.2, 0.25) is 27.8 Å². The number of piperazine rings is 1. The predicted octanol–water partition coefficient (Wildman–Crippen LogP) is 1.55. The van der Waals surface area contributed by atoms with E-state index in [1.54, 1.807) is 0 Å². The fourth-order valence-corrected chi connectivity index (χ4v) is 6.12. The first kappa shape index (κ1) is 22.7. The van der Waals surface area contributed by atoms with Crippen molar-refractivity contribution in [1.29, 1.82) is 0 Å². The largest absolute Gasteiger partial charge is 0.354 e. The topological polar surface area (TPSA) is 107 Å². The van der Waals surface area contributed by atoms with Crippen LogP contribution in [-0.4, -0.2) is 73.8 Å². The molecule has 0 bridgehead atoms. The van der Waals surface area contributed by atoms with Crippen molar-refractivity contribution in [3.8, 4) is 0 Å². The van der Waals surface area contributed by atoms with Crippen LogP contribution in [0.3, 0.4) is 0 Å². The van der Waals surface area contributed by atoms with E-state index in [1.807, 2.05) is 13.0 Å². The van der Waals surface area contributed by atoms with Crippen LogP contribution in [0.15, 0.2) is 35.2 Å². The molecule has 0 spiro atoms. The van der Waals surface area contributed by atoms with Crippen LogP contribution in [-0.2, 0) is 19.6 Å². The van der Waals surface area contributed by atoms with Gasteiger partial charge in [0.1, 0.15) is 5.82 Å². The summed E-state index contributed by atoms with van der Waals surface area (Å²) in [5.74, 6) is 1.06. The average molecular weight is 485 g/mol. The number of sulfonamides is 1. The third-order valence-electron chi connectivity index (χ3n) is 6.56. The fraction of sp³-hybridized carbons (Fsp3) is 0.478. The number of amides is 2. The lowest BCUT2D eigenvalue weighted by atomic mass is 10.3. The molecule has 3 aliphatic rings. The van der Waals surface area contributed by atoms with Gasteiger partial charge in [-0.1, -0.05) is 0 Å². The van der Waals surface area contributed by atoms with Gasteiger partial charge in [0.25, 0.3) is 0 Å². The Bertz CT molecular complexity index is 1190. The lowest BCUT2D eigenvalue weighted by Crippen LogP contribution is -2.49. The molecule has 1 aromatic carbocycles. The molecule has 2 amide bonds. The summed E-state index contributed by atoms with van der Waals surface area (Å²) in [5.41, 5.74) is 1.31. The number of hydrogen-bond donors (Lipinski definition) is 0. The van der Waals surface area contributed by atoms with Crippen LogP contribution < -0.4 is 14.7 Å². The maximum Gasteiger partial charge on any atom is 0.243 e. The van der Waals surface area contributed by atoms with Gasteiger partial charge in [0.05, 0.1) is 10.6 Å². The number of nitrogens with zero attached hydrogens (tertiary/aromatic N) is 6.